The van der Waals surface area contributed by atoms with E-state index < -0.39 is 5.69 Å². The van der Waals surface area contributed by atoms with Gasteiger partial charge < -0.3 is 9.47 Å². The zero-order valence-electron chi connectivity index (χ0n) is 19.1. The van der Waals surface area contributed by atoms with E-state index in [1.54, 1.807) is 13.1 Å². The van der Waals surface area contributed by atoms with Gasteiger partial charge in [0.05, 0.1) is 0 Å². The molecule has 1 N–H and O–H groups in total. The maximum atomic E-state index is 12.7. The number of aryl methyl sites for hydroxylation is 2. The molecule has 8 nitrogen and oxygen atoms in total. The number of piperazine rings is 1. The number of halogens is 2. The molecule has 1 aliphatic heterocycles. The monoisotopic (exact) mass is 492 g/mol. The third-order valence-corrected chi connectivity index (χ3v) is 6.87. The van der Waals surface area contributed by atoms with Crippen LogP contribution in [0.25, 0.3) is 11.2 Å². The second-order valence-corrected chi connectivity index (χ2v) is 9.46. The maximum Gasteiger partial charge on any atom is 0.329 e. The molecular weight excluding hydrogens is 463 g/mol. The first-order valence-electron chi connectivity index (χ1n) is 11.5. The summed E-state index contributed by atoms with van der Waals surface area (Å²) >= 11 is 12.4. The number of benzene rings is 1. The smallest absolute Gasteiger partial charge is 0.329 e. The number of aromatic amines is 1. The predicted octanol–water partition coefficient (Wildman–Crippen LogP) is 3.63. The van der Waals surface area contributed by atoms with E-state index in [-0.39, 0.29) is 5.56 Å². The lowest BCUT2D eigenvalue weighted by molar-refractivity contribution is 0.248. The summed E-state index contributed by atoms with van der Waals surface area (Å²) in [4.78, 5) is 36.6. The number of fused-ring (bicyclic) bond motifs is 1. The number of imidazole rings is 1. The van der Waals surface area contributed by atoms with Crippen LogP contribution >= 0.6 is 23.2 Å². The summed E-state index contributed by atoms with van der Waals surface area (Å²) in [5, 5.41) is 1.31. The zero-order valence-corrected chi connectivity index (χ0v) is 20.6. The van der Waals surface area contributed by atoms with Gasteiger partial charge in [0.25, 0.3) is 5.56 Å². The van der Waals surface area contributed by atoms with Gasteiger partial charge in [-0.1, -0.05) is 55.5 Å². The first-order valence-corrected chi connectivity index (χ1v) is 12.3. The summed E-state index contributed by atoms with van der Waals surface area (Å²) in [5.41, 5.74) is 1.14. The Morgan fingerprint density at radius 3 is 2.52 bits per heavy atom. The number of unbranched alkanes of at least 4 members (excludes halogenated alkanes) is 3. The molecular formula is C23H30Cl2N6O2. The largest absolute Gasteiger partial charge is 0.340 e. The van der Waals surface area contributed by atoms with Crippen LogP contribution in [0.2, 0.25) is 10.0 Å². The first kappa shape index (κ1) is 23.9. The highest BCUT2D eigenvalue weighted by molar-refractivity contribution is 6.35. The van der Waals surface area contributed by atoms with Crippen molar-refractivity contribution in [2.45, 2.75) is 45.7 Å². The summed E-state index contributed by atoms with van der Waals surface area (Å²) in [6, 6.07) is 5.61. The van der Waals surface area contributed by atoms with E-state index in [4.69, 9.17) is 28.2 Å². The molecule has 0 aliphatic carbocycles. The van der Waals surface area contributed by atoms with Gasteiger partial charge in [-0.3, -0.25) is 19.2 Å². The molecule has 0 bridgehead atoms. The number of aromatic nitrogens is 4. The molecule has 1 fully saturated rings. The van der Waals surface area contributed by atoms with Crippen molar-refractivity contribution < 1.29 is 0 Å². The topological polar surface area (TPSA) is 79.2 Å². The Kier molecular flexibility index (Phi) is 7.46. The van der Waals surface area contributed by atoms with Crippen LogP contribution < -0.4 is 16.1 Å². The van der Waals surface area contributed by atoms with Gasteiger partial charge in [-0.25, -0.2) is 4.79 Å². The summed E-state index contributed by atoms with van der Waals surface area (Å²) in [7, 11) is 1.65. The normalized spacial score (nSPS) is 15.0. The highest BCUT2D eigenvalue weighted by Crippen LogP contribution is 2.25. The molecule has 1 aliphatic rings. The fraction of sp³-hybridized carbons (Fsp3) is 0.522. The zero-order chi connectivity index (χ0) is 23.5. The standard InChI is InChI=1S/C23H30Cl2N6O2/c1-3-4-5-6-9-31-19-20(28(2)23(33)27-21(19)32)26-22(31)30-12-10-29(11-13-30)15-16-7-8-17(24)14-18(16)25/h7-8,14H,3-6,9-13,15H2,1-2H3,(H,27,32,33). The van der Waals surface area contributed by atoms with E-state index in [9.17, 15) is 9.59 Å². The Bertz CT molecular complexity index is 1240. The summed E-state index contributed by atoms with van der Waals surface area (Å²) in [6.45, 7) is 6.86. The number of rotatable bonds is 8. The number of H-pyrrole nitrogens is 1. The molecule has 3 aromatic rings. The second-order valence-electron chi connectivity index (χ2n) is 8.61. The van der Waals surface area contributed by atoms with Crippen LogP contribution in [-0.2, 0) is 20.1 Å². The highest BCUT2D eigenvalue weighted by Gasteiger charge is 2.25. The van der Waals surface area contributed by atoms with Crippen molar-refractivity contribution in [2.75, 3.05) is 31.1 Å². The van der Waals surface area contributed by atoms with E-state index in [0.29, 0.717) is 27.8 Å². The number of hydrogen-bond acceptors (Lipinski definition) is 5. The summed E-state index contributed by atoms with van der Waals surface area (Å²) in [6.07, 6.45) is 4.35. The number of nitrogens with one attached hydrogen (secondary N) is 1. The van der Waals surface area contributed by atoms with Crippen LogP contribution in [0.15, 0.2) is 27.8 Å². The molecule has 1 aromatic carbocycles. The molecule has 178 valence electrons. The third kappa shape index (κ3) is 5.13. The maximum absolute atomic E-state index is 12.7. The quantitative estimate of drug-likeness (QED) is 0.485. The minimum absolute atomic E-state index is 0.377. The molecule has 4 rings (SSSR count). The predicted molar refractivity (Wildman–Crippen MR) is 134 cm³/mol. The van der Waals surface area contributed by atoms with Crippen LogP contribution in [0.1, 0.15) is 38.2 Å². The van der Waals surface area contributed by atoms with Crippen LogP contribution in [0, 0.1) is 0 Å². The number of hydrogen-bond donors (Lipinski definition) is 1. The molecule has 10 heteroatoms. The molecule has 2 aromatic heterocycles. The van der Waals surface area contributed by atoms with Crippen LogP contribution in [0.3, 0.4) is 0 Å². The average Bonchev–Trinajstić information content (AvgIpc) is 3.18. The SMILES string of the molecule is CCCCCCn1c(N2CCN(Cc3ccc(Cl)cc3Cl)CC2)nc2c1c(=O)[nH]c(=O)n2C. The van der Waals surface area contributed by atoms with Crippen molar-refractivity contribution in [1.82, 2.24) is 24.0 Å². The van der Waals surface area contributed by atoms with Gasteiger partial charge in [0, 0.05) is 56.4 Å². The van der Waals surface area contributed by atoms with Crippen molar-refractivity contribution in [3.8, 4) is 0 Å². The van der Waals surface area contributed by atoms with Crippen molar-refractivity contribution in [3.63, 3.8) is 0 Å². The van der Waals surface area contributed by atoms with Gasteiger partial charge in [0.15, 0.2) is 11.2 Å². The Labute approximate surface area is 202 Å². The van der Waals surface area contributed by atoms with E-state index >= 15 is 0 Å². The molecule has 0 atom stereocenters. The fourth-order valence-corrected chi connectivity index (χ4v) is 4.84. The fourth-order valence-electron chi connectivity index (χ4n) is 4.37. The van der Waals surface area contributed by atoms with E-state index in [1.807, 2.05) is 16.7 Å². The number of anilines is 1. The summed E-state index contributed by atoms with van der Waals surface area (Å²) in [5.74, 6) is 0.761. The Morgan fingerprint density at radius 2 is 1.82 bits per heavy atom. The molecule has 0 spiro atoms. The van der Waals surface area contributed by atoms with Gasteiger partial charge in [0.1, 0.15) is 0 Å². The van der Waals surface area contributed by atoms with Crippen LogP contribution in [0.4, 0.5) is 5.95 Å². The highest BCUT2D eigenvalue weighted by atomic mass is 35.5. The van der Waals surface area contributed by atoms with Crippen LogP contribution in [0.5, 0.6) is 0 Å². The van der Waals surface area contributed by atoms with E-state index in [2.05, 4.69) is 21.7 Å². The van der Waals surface area contributed by atoms with Gasteiger partial charge in [-0.2, -0.15) is 4.98 Å². The molecule has 0 unspecified atom stereocenters. The van der Waals surface area contributed by atoms with Crippen molar-refractivity contribution >= 4 is 40.3 Å². The van der Waals surface area contributed by atoms with Gasteiger partial charge in [-0.05, 0) is 24.1 Å². The molecule has 0 radical (unpaired) electrons. The second kappa shape index (κ2) is 10.3. The van der Waals surface area contributed by atoms with Gasteiger partial charge >= 0.3 is 5.69 Å². The lowest BCUT2D eigenvalue weighted by Gasteiger charge is -2.35. The van der Waals surface area contributed by atoms with Gasteiger partial charge in [-0.15, -0.1) is 0 Å². The lowest BCUT2D eigenvalue weighted by atomic mass is 10.2. The molecule has 0 saturated carbocycles. The Morgan fingerprint density at radius 1 is 1.06 bits per heavy atom. The van der Waals surface area contributed by atoms with E-state index in [1.165, 1.54) is 4.57 Å². The summed E-state index contributed by atoms with van der Waals surface area (Å²) < 4.78 is 3.41. The molecule has 3 heterocycles. The lowest BCUT2D eigenvalue weighted by Crippen LogP contribution is -2.47. The average molecular weight is 493 g/mol. The van der Waals surface area contributed by atoms with Crippen molar-refractivity contribution in [3.05, 3.63) is 54.6 Å². The minimum Gasteiger partial charge on any atom is -0.340 e. The first-order chi connectivity index (χ1) is 15.9. The molecule has 0 amide bonds. The van der Waals surface area contributed by atoms with Crippen LogP contribution in [-0.4, -0.2) is 50.2 Å². The Balaban J connectivity index is 1.56. The number of nitrogens with zero attached hydrogens (tertiary/aromatic N) is 5. The third-order valence-electron chi connectivity index (χ3n) is 6.29. The molecule has 1 saturated heterocycles. The molecule has 33 heavy (non-hydrogen) atoms. The van der Waals surface area contributed by atoms with Gasteiger partial charge in [0.2, 0.25) is 5.95 Å². The van der Waals surface area contributed by atoms with E-state index in [0.717, 1.165) is 69.9 Å². The minimum atomic E-state index is -0.445. The van der Waals surface area contributed by atoms with Crippen molar-refractivity contribution in [2.24, 2.45) is 7.05 Å². The Hall–Kier alpha value is -2.29. The van der Waals surface area contributed by atoms with Crippen molar-refractivity contribution in [1.29, 1.82) is 0 Å².